The highest BCUT2D eigenvalue weighted by molar-refractivity contribution is 5.44. The van der Waals surface area contributed by atoms with Crippen molar-refractivity contribution in [3.8, 4) is 0 Å². The number of ether oxygens (including phenoxy) is 1. The number of rotatable bonds is 4. The van der Waals surface area contributed by atoms with E-state index >= 15 is 0 Å². The molecule has 4 nitrogen and oxygen atoms in total. The van der Waals surface area contributed by atoms with E-state index in [0.717, 1.165) is 18.4 Å². The summed E-state index contributed by atoms with van der Waals surface area (Å²) in [5.41, 5.74) is 1.80. The molecule has 0 unspecified atom stereocenters. The maximum Gasteiger partial charge on any atom is 0.275 e. The van der Waals surface area contributed by atoms with Crippen LogP contribution >= 0.6 is 0 Å². The van der Waals surface area contributed by atoms with Gasteiger partial charge in [-0.05, 0) is 31.7 Å². The van der Waals surface area contributed by atoms with Crippen LogP contribution in [0.5, 0.6) is 0 Å². The summed E-state index contributed by atoms with van der Waals surface area (Å²) >= 11 is 0. The summed E-state index contributed by atoms with van der Waals surface area (Å²) < 4.78 is 5.63. The summed E-state index contributed by atoms with van der Waals surface area (Å²) in [6.07, 6.45) is 3.68. The highest BCUT2D eigenvalue weighted by Crippen LogP contribution is 2.27. The number of benzene rings is 1. The van der Waals surface area contributed by atoms with Crippen LogP contribution in [0.4, 0.5) is 5.69 Å². The minimum absolute atomic E-state index is 0.166. The maximum atomic E-state index is 10.9. The van der Waals surface area contributed by atoms with Crippen molar-refractivity contribution in [3.05, 3.63) is 39.4 Å². The smallest absolute Gasteiger partial charge is 0.275 e. The number of nitrogens with zero attached hydrogens (tertiary/aromatic N) is 1. The van der Waals surface area contributed by atoms with Gasteiger partial charge in [-0.1, -0.05) is 12.1 Å². The lowest BCUT2D eigenvalue weighted by Gasteiger charge is -2.25. The molecule has 1 aromatic rings. The molecule has 0 atom stereocenters. The average molecular weight is 221 g/mol. The molecule has 2 rings (SSSR count). The average Bonchev–Trinajstić information content (AvgIpc) is 2.17. The molecule has 0 radical (unpaired) electrons. The molecule has 0 saturated heterocycles. The summed E-state index contributed by atoms with van der Waals surface area (Å²) in [6.45, 7) is 2.24. The van der Waals surface area contributed by atoms with Crippen LogP contribution in [0.1, 0.15) is 30.4 Å². The standard InChI is InChI=1S/C12H15NO3/c1-9-4-2-7-12(13(14)15)11(9)8-16-10-5-3-6-10/h2,4,7,10H,3,5-6,8H2,1H3. The minimum atomic E-state index is -0.341. The number of nitro groups is 1. The Hall–Kier alpha value is -1.42. The van der Waals surface area contributed by atoms with Gasteiger partial charge >= 0.3 is 0 Å². The predicted octanol–water partition coefficient (Wildman–Crippen LogP) is 2.97. The summed E-state index contributed by atoms with van der Waals surface area (Å²) in [5.74, 6) is 0. The Labute approximate surface area is 94.4 Å². The summed E-state index contributed by atoms with van der Waals surface area (Å²) in [5, 5.41) is 10.9. The molecule has 1 aliphatic carbocycles. The Balaban J connectivity index is 2.13. The molecule has 0 aliphatic heterocycles. The number of hydrogen-bond acceptors (Lipinski definition) is 3. The minimum Gasteiger partial charge on any atom is -0.373 e. The Morgan fingerprint density at radius 3 is 2.81 bits per heavy atom. The second-order valence-corrected chi connectivity index (χ2v) is 4.19. The fourth-order valence-corrected chi connectivity index (χ4v) is 1.78. The van der Waals surface area contributed by atoms with Crippen LogP contribution in [0.3, 0.4) is 0 Å². The van der Waals surface area contributed by atoms with Crippen LogP contribution in [0, 0.1) is 17.0 Å². The molecule has 0 aromatic heterocycles. The van der Waals surface area contributed by atoms with Crippen LogP contribution < -0.4 is 0 Å². The summed E-state index contributed by atoms with van der Waals surface area (Å²) in [4.78, 5) is 10.5. The van der Waals surface area contributed by atoms with E-state index in [0.29, 0.717) is 18.3 Å². The lowest BCUT2D eigenvalue weighted by atomic mass is 9.96. The monoisotopic (exact) mass is 221 g/mol. The first-order valence-electron chi connectivity index (χ1n) is 5.53. The first kappa shape index (κ1) is 11.1. The summed E-state index contributed by atoms with van der Waals surface area (Å²) in [7, 11) is 0. The highest BCUT2D eigenvalue weighted by Gasteiger charge is 2.21. The van der Waals surface area contributed by atoms with Crippen molar-refractivity contribution in [1.82, 2.24) is 0 Å². The van der Waals surface area contributed by atoms with Crippen LogP contribution in [0.25, 0.3) is 0 Å². The van der Waals surface area contributed by atoms with Gasteiger partial charge in [-0.25, -0.2) is 0 Å². The van der Waals surface area contributed by atoms with E-state index < -0.39 is 0 Å². The van der Waals surface area contributed by atoms with E-state index in [1.807, 2.05) is 13.0 Å². The molecule has 0 amide bonds. The Kier molecular flexibility index (Phi) is 3.19. The molecule has 1 aliphatic rings. The quantitative estimate of drug-likeness (QED) is 0.580. The Morgan fingerprint density at radius 1 is 1.50 bits per heavy atom. The summed E-state index contributed by atoms with van der Waals surface area (Å²) in [6, 6.07) is 5.12. The van der Waals surface area contributed by atoms with Gasteiger partial charge in [-0.2, -0.15) is 0 Å². The molecule has 16 heavy (non-hydrogen) atoms. The van der Waals surface area contributed by atoms with Crippen LogP contribution in [-0.2, 0) is 11.3 Å². The van der Waals surface area contributed by atoms with Crippen LogP contribution in [0.2, 0.25) is 0 Å². The molecule has 1 fully saturated rings. The first-order valence-corrected chi connectivity index (χ1v) is 5.53. The van der Waals surface area contributed by atoms with Gasteiger partial charge in [0.15, 0.2) is 0 Å². The maximum absolute atomic E-state index is 10.9. The molecule has 86 valence electrons. The third-order valence-electron chi connectivity index (χ3n) is 3.10. The van der Waals surface area contributed by atoms with Gasteiger partial charge in [0.25, 0.3) is 5.69 Å². The molecule has 1 aromatic carbocycles. The third kappa shape index (κ3) is 2.22. The molecule has 1 saturated carbocycles. The van der Waals surface area contributed by atoms with Gasteiger partial charge in [0, 0.05) is 6.07 Å². The Morgan fingerprint density at radius 2 is 2.25 bits per heavy atom. The number of hydrogen-bond donors (Lipinski definition) is 0. The fraction of sp³-hybridized carbons (Fsp3) is 0.500. The van der Waals surface area contributed by atoms with Gasteiger partial charge in [0.05, 0.1) is 23.2 Å². The molecule has 0 bridgehead atoms. The van der Waals surface area contributed by atoms with Crippen LogP contribution in [0.15, 0.2) is 18.2 Å². The van der Waals surface area contributed by atoms with Crippen molar-refractivity contribution in [2.45, 2.75) is 38.9 Å². The normalized spacial score (nSPS) is 15.8. The second-order valence-electron chi connectivity index (χ2n) is 4.19. The van der Waals surface area contributed by atoms with Crippen molar-refractivity contribution in [1.29, 1.82) is 0 Å². The molecule has 0 heterocycles. The molecular formula is C12H15NO3. The zero-order valence-electron chi connectivity index (χ0n) is 9.31. The van der Waals surface area contributed by atoms with Gasteiger partial charge in [0.2, 0.25) is 0 Å². The highest BCUT2D eigenvalue weighted by atomic mass is 16.6. The zero-order chi connectivity index (χ0) is 11.5. The number of aryl methyl sites for hydroxylation is 1. The van der Waals surface area contributed by atoms with E-state index in [1.165, 1.54) is 12.5 Å². The number of nitro benzene ring substituents is 1. The van der Waals surface area contributed by atoms with E-state index in [4.69, 9.17) is 4.74 Å². The first-order chi connectivity index (χ1) is 7.68. The van der Waals surface area contributed by atoms with E-state index in [1.54, 1.807) is 6.07 Å². The molecule has 0 spiro atoms. The van der Waals surface area contributed by atoms with E-state index in [9.17, 15) is 10.1 Å². The lowest BCUT2D eigenvalue weighted by molar-refractivity contribution is -0.386. The van der Waals surface area contributed by atoms with Crippen molar-refractivity contribution in [2.24, 2.45) is 0 Å². The SMILES string of the molecule is Cc1cccc([N+](=O)[O-])c1COC1CCC1. The molecule has 4 heteroatoms. The Bertz CT molecular complexity index is 399. The van der Waals surface area contributed by atoms with Crippen LogP contribution in [-0.4, -0.2) is 11.0 Å². The lowest BCUT2D eigenvalue weighted by Crippen LogP contribution is -2.21. The fourth-order valence-electron chi connectivity index (χ4n) is 1.78. The van der Waals surface area contributed by atoms with Crippen molar-refractivity contribution < 1.29 is 9.66 Å². The van der Waals surface area contributed by atoms with Crippen molar-refractivity contribution in [3.63, 3.8) is 0 Å². The molecular weight excluding hydrogens is 206 g/mol. The van der Waals surface area contributed by atoms with Gasteiger partial charge in [-0.15, -0.1) is 0 Å². The van der Waals surface area contributed by atoms with Gasteiger partial charge in [0.1, 0.15) is 0 Å². The van der Waals surface area contributed by atoms with Crippen molar-refractivity contribution >= 4 is 5.69 Å². The van der Waals surface area contributed by atoms with E-state index in [-0.39, 0.29) is 10.6 Å². The van der Waals surface area contributed by atoms with E-state index in [2.05, 4.69) is 0 Å². The largest absolute Gasteiger partial charge is 0.373 e. The van der Waals surface area contributed by atoms with Gasteiger partial charge in [-0.3, -0.25) is 10.1 Å². The third-order valence-corrected chi connectivity index (χ3v) is 3.10. The van der Waals surface area contributed by atoms with Crippen molar-refractivity contribution in [2.75, 3.05) is 0 Å². The predicted molar refractivity (Wildman–Crippen MR) is 60.3 cm³/mol. The zero-order valence-corrected chi connectivity index (χ0v) is 9.31. The van der Waals surface area contributed by atoms with Gasteiger partial charge < -0.3 is 4.74 Å². The second kappa shape index (κ2) is 4.61. The topological polar surface area (TPSA) is 52.4 Å². The molecule has 0 N–H and O–H groups in total.